The third-order valence-electron chi connectivity index (χ3n) is 4.49. The number of hydrogen-bond donors (Lipinski definition) is 0. The van der Waals surface area contributed by atoms with Crippen LogP contribution in [0.1, 0.15) is 53.5 Å². The molecule has 1 aromatic heterocycles. The summed E-state index contributed by atoms with van der Waals surface area (Å²) < 4.78 is 0. The number of hydrogen-bond acceptors (Lipinski definition) is 3. The standard InChI is InChI=1S/C19H33N3/c1-18(2,3)9-10-21-11-13-22(14-12-21)17-8-7-16(15-20-17)19(4,5)6/h7-8,15H,9-14H2,1-6H3. The normalized spacial score (nSPS) is 17.8. The molecule has 0 atom stereocenters. The van der Waals surface area contributed by atoms with Crippen molar-refractivity contribution in [1.29, 1.82) is 0 Å². The van der Waals surface area contributed by atoms with Crippen molar-refractivity contribution in [2.24, 2.45) is 5.41 Å². The maximum Gasteiger partial charge on any atom is 0.128 e. The summed E-state index contributed by atoms with van der Waals surface area (Å²) in [5, 5.41) is 0. The summed E-state index contributed by atoms with van der Waals surface area (Å²) in [5.41, 5.74) is 1.92. The van der Waals surface area contributed by atoms with Crippen LogP contribution in [0.4, 0.5) is 5.82 Å². The molecule has 0 aromatic carbocycles. The average molecular weight is 303 g/mol. The van der Waals surface area contributed by atoms with Gasteiger partial charge in [0.15, 0.2) is 0 Å². The van der Waals surface area contributed by atoms with Crippen LogP contribution in [0.15, 0.2) is 18.3 Å². The Kier molecular flexibility index (Phi) is 5.16. The van der Waals surface area contributed by atoms with Gasteiger partial charge < -0.3 is 4.90 Å². The molecule has 0 spiro atoms. The topological polar surface area (TPSA) is 19.4 Å². The summed E-state index contributed by atoms with van der Waals surface area (Å²) >= 11 is 0. The molecule has 3 heteroatoms. The third kappa shape index (κ3) is 4.98. The van der Waals surface area contributed by atoms with Gasteiger partial charge in [-0.3, -0.25) is 4.90 Å². The Bertz CT molecular complexity index is 457. The molecule has 2 rings (SSSR count). The minimum absolute atomic E-state index is 0.178. The molecule has 1 aliphatic heterocycles. The van der Waals surface area contributed by atoms with Crippen LogP contribution in [0.25, 0.3) is 0 Å². The van der Waals surface area contributed by atoms with Crippen molar-refractivity contribution in [2.75, 3.05) is 37.6 Å². The van der Waals surface area contributed by atoms with E-state index in [9.17, 15) is 0 Å². The fourth-order valence-electron chi connectivity index (χ4n) is 2.71. The predicted octanol–water partition coefficient (Wildman–Crippen LogP) is 3.94. The highest BCUT2D eigenvalue weighted by atomic mass is 15.3. The molecular weight excluding hydrogens is 270 g/mol. The molecule has 0 radical (unpaired) electrons. The molecular formula is C19H33N3. The Morgan fingerprint density at radius 2 is 1.59 bits per heavy atom. The zero-order valence-electron chi connectivity index (χ0n) is 15.3. The van der Waals surface area contributed by atoms with Crippen LogP contribution in [-0.2, 0) is 5.41 Å². The van der Waals surface area contributed by atoms with Gasteiger partial charge in [0.25, 0.3) is 0 Å². The molecule has 3 nitrogen and oxygen atoms in total. The smallest absolute Gasteiger partial charge is 0.128 e. The number of piperazine rings is 1. The molecule has 0 aliphatic carbocycles. The Morgan fingerprint density at radius 1 is 0.955 bits per heavy atom. The van der Waals surface area contributed by atoms with Gasteiger partial charge in [0, 0.05) is 32.4 Å². The summed E-state index contributed by atoms with van der Waals surface area (Å²) in [7, 11) is 0. The van der Waals surface area contributed by atoms with Crippen LogP contribution in [0.3, 0.4) is 0 Å². The maximum absolute atomic E-state index is 4.69. The second-order valence-electron chi connectivity index (χ2n) is 8.79. The van der Waals surface area contributed by atoms with Crippen LogP contribution < -0.4 is 4.90 Å². The summed E-state index contributed by atoms with van der Waals surface area (Å²) in [6, 6.07) is 4.42. The van der Waals surface area contributed by atoms with Crippen molar-refractivity contribution in [1.82, 2.24) is 9.88 Å². The van der Waals surface area contributed by atoms with Crippen molar-refractivity contribution in [3.05, 3.63) is 23.9 Å². The fourth-order valence-corrected chi connectivity index (χ4v) is 2.71. The molecule has 0 bridgehead atoms. The summed E-state index contributed by atoms with van der Waals surface area (Å²) in [4.78, 5) is 9.69. The van der Waals surface area contributed by atoms with Gasteiger partial charge in [-0.1, -0.05) is 47.6 Å². The largest absolute Gasteiger partial charge is 0.354 e. The van der Waals surface area contributed by atoms with Crippen molar-refractivity contribution < 1.29 is 0 Å². The van der Waals surface area contributed by atoms with Crippen molar-refractivity contribution >= 4 is 5.82 Å². The predicted molar refractivity (Wildman–Crippen MR) is 95.7 cm³/mol. The lowest BCUT2D eigenvalue weighted by Gasteiger charge is -2.36. The maximum atomic E-state index is 4.69. The second kappa shape index (κ2) is 6.57. The van der Waals surface area contributed by atoms with Gasteiger partial charge in [0.1, 0.15) is 5.82 Å². The lowest BCUT2D eigenvalue weighted by Crippen LogP contribution is -2.47. The van der Waals surface area contributed by atoms with Gasteiger partial charge in [-0.2, -0.15) is 0 Å². The molecule has 2 heterocycles. The van der Waals surface area contributed by atoms with Gasteiger partial charge in [0.2, 0.25) is 0 Å². The first-order valence-electron chi connectivity index (χ1n) is 8.59. The van der Waals surface area contributed by atoms with E-state index in [4.69, 9.17) is 0 Å². The van der Waals surface area contributed by atoms with Crippen LogP contribution in [0.2, 0.25) is 0 Å². The molecule has 1 aromatic rings. The lowest BCUT2D eigenvalue weighted by atomic mass is 9.88. The van der Waals surface area contributed by atoms with E-state index in [2.05, 4.69) is 68.5 Å². The highest BCUT2D eigenvalue weighted by molar-refractivity contribution is 5.41. The quantitative estimate of drug-likeness (QED) is 0.843. The Labute approximate surface area is 136 Å². The van der Waals surface area contributed by atoms with Crippen LogP contribution in [-0.4, -0.2) is 42.6 Å². The van der Waals surface area contributed by atoms with Gasteiger partial charge >= 0.3 is 0 Å². The number of nitrogens with zero attached hydrogens (tertiary/aromatic N) is 3. The molecule has 1 fully saturated rings. The number of rotatable bonds is 3. The monoisotopic (exact) mass is 303 g/mol. The van der Waals surface area contributed by atoms with E-state index in [1.807, 2.05) is 6.20 Å². The molecule has 0 amide bonds. The zero-order chi connectivity index (χ0) is 16.4. The minimum Gasteiger partial charge on any atom is -0.354 e. The van der Waals surface area contributed by atoms with Crippen molar-refractivity contribution in [3.63, 3.8) is 0 Å². The zero-order valence-corrected chi connectivity index (χ0v) is 15.3. The highest BCUT2D eigenvalue weighted by Crippen LogP contribution is 2.24. The van der Waals surface area contributed by atoms with Crippen molar-refractivity contribution in [3.8, 4) is 0 Å². The van der Waals surface area contributed by atoms with Gasteiger partial charge in [-0.05, 0) is 35.4 Å². The lowest BCUT2D eigenvalue weighted by molar-refractivity contribution is 0.217. The first-order valence-corrected chi connectivity index (χ1v) is 8.59. The van der Waals surface area contributed by atoms with Gasteiger partial charge in [-0.25, -0.2) is 4.98 Å². The van der Waals surface area contributed by atoms with E-state index in [1.54, 1.807) is 0 Å². The van der Waals surface area contributed by atoms with Gasteiger partial charge in [0.05, 0.1) is 0 Å². The summed E-state index contributed by atoms with van der Waals surface area (Å²) in [6.45, 7) is 19.4. The van der Waals surface area contributed by atoms with E-state index in [0.29, 0.717) is 5.41 Å². The average Bonchev–Trinajstić information content (AvgIpc) is 2.44. The molecule has 0 N–H and O–H groups in total. The van der Waals surface area contributed by atoms with Crippen LogP contribution in [0, 0.1) is 5.41 Å². The van der Waals surface area contributed by atoms with E-state index in [-0.39, 0.29) is 5.41 Å². The molecule has 124 valence electrons. The van der Waals surface area contributed by atoms with Gasteiger partial charge in [-0.15, -0.1) is 0 Å². The molecule has 1 aliphatic rings. The minimum atomic E-state index is 0.178. The third-order valence-corrected chi connectivity index (χ3v) is 4.49. The molecule has 0 unspecified atom stereocenters. The van der Waals surface area contributed by atoms with E-state index in [1.165, 1.54) is 18.5 Å². The Hall–Kier alpha value is -1.09. The van der Waals surface area contributed by atoms with Crippen molar-refractivity contribution in [2.45, 2.75) is 53.4 Å². The first-order chi connectivity index (χ1) is 10.1. The SMILES string of the molecule is CC(C)(C)CCN1CCN(c2ccc(C(C)(C)C)cn2)CC1. The number of anilines is 1. The Morgan fingerprint density at radius 3 is 2.05 bits per heavy atom. The molecule has 22 heavy (non-hydrogen) atoms. The number of aromatic nitrogens is 1. The van der Waals surface area contributed by atoms with E-state index in [0.717, 1.165) is 32.0 Å². The Balaban J connectivity index is 1.86. The summed E-state index contributed by atoms with van der Waals surface area (Å²) in [6.07, 6.45) is 3.31. The van der Waals surface area contributed by atoms with E-state index < -0.39 is 0 Å². The molecule has 0 saturated carbocycles. The fraction of sp³-hybridized carbons (Fsp3) is 0.737. The highest BCUT2D eigenvalue weighted by Gasteiger charge is 2.20. The summed E-state index contributed by atoms with van der Waals surface area (Å²) in [5.74, 6) is 1.13. The second-order valence-corrected chi connectivity index (χ2v) is 8.79. The van der Waals surface area contributed by atoms with Crippen LogP contribution >= 0.6 is 0 Å². The number of pyridine rings is 1. The molecule has 1 saturated heterocycles. The van der Waals surface area contributed by atoms with Crippen LogP contribution in [0.5, 0.6) is 0 Å². The first kappa shape index (κ1) is 17.3. The van der Waals surface area contributed by atoms with E-state index >= 15 is 0 Å².